The molecule has 146 valence electrons. The molecular weight excluding hydrogens is 367 g/mol. The van der Waals surface area contributed by atoms with Gasteiger partial charge in [-0.1, -0.05) is 36.4 Å². The Balaban J connectivity index is 1.54. The number of hydrazone groups is 1. The third-order valence-electron chi connectivity index (χ3n) is 4.94. The minimum Gasteiger partial charge on any atom is -0.406 e. The van der Waals surface area contributed by atoms with Gasteiger partial charge in [-0.15, -0.1) is 13.2 Å². The second-order valence-electron chi connectivity index (χ2n) is 6.87. The zero-order valence-corrected chi connectivity index (χ0v) is 15.4. The Labute approximate surface area is 161 Å². The number of fused-ring (bicyclic) bond motifs is 1. The maximum atomic E-state index is 12.5. The van der Waals surface area contributed by atoms with Crippen LogP contribution in [0.5, 0.6) is 5.75 Å². The molecule has 0 aliphatic carbocycles. The highest BCUT2D eigenvalue weighted by atomic mass is 19.4. The van der Waals surface area contributed by atoms with Gasteiger partial charge in [0.2, 0.25) is 0 Å². The Hall–Kier alpha value is -2.96. The van der Waals surface area contributed by atoms with Gasteiger partial charge in [0.1, 0.15) is 5.75 Å². The molecule has 0 atom stereocenters. The van der Waals surface area contributed by atoms with Crippen LogP contribution in [0.25, 0.3) is 0 Å². The van der Waals surface area contributed by atoms with Crippen molar-refractivity contribution >= 4 is 11.4 Å². The van der Waals surface area contributed by atoms with Gasteiger partial charge in [-0.25, -0.2) is 0 Å². The summed E-state index contributed by atoms with van der Waals surface area (Å²) in [6.07, 6.45) is -3.94. The smallest absolute Gasteiger partial charge is 0.406 e. The monoisotopic (exact) mass is 387 g/mol. The molecule has 2 aromatic carbocycles. The van der Waals surface area contributed by atoms with E-state index in [9.17, 15) is 13.2 Å². The predicted octanol–water partition coefficient (Wildman–Crippen LogP) is 4.94. The number of nitrogens with zero attached hydrogens (tertiary/aromatic N) is 3. The summed E-state index contributed by atoms with van der Waals surface area (Å²) in [5, 5.41) is 6.78. The van der Waals surface area contributed by atoms with E-state index in [2.05, 4.69) is 16.9 Å². The summed E-state index contributed by atoms with van der Waals surface area (Å²) in [4.78, 5) is 2.03. The highest BCUT2D eigenvalue weighted by molar-refractivity contribution is 6.04. The van der Waals surface area contributed by atoms with Crippen LogP contribution in [0.15, 0.2) is 71.0 Å². The van der Waals surface area contributed by atoms with Crippen molar-refractivity contribution in [2.24, 2.45) is 5.10 Å². The van der Waals surface area contributed by atoms with Gasteiger partial charge < -0.3 is 9.64 Å². The van der Waals surface area contributed by atoms with Crippen molar-refractivity contribution in [1.82, 2.24) is 5.01 Å². The van der Waals surface area contributed by atoms with Gasteiger partial charge in [0.15, 0.2) is 0 Å². The van der Waals surface area contributed by atoms with Gasteiger partial charge in [0.05, 0.1) is 18.8 Å². The summed E-state index contributed by atoms with van der Waals surface area (Å²) in [7, 11) is 0. The van der Waals surface area contributed by atoms with Gasteiger partial charge in [-0.2, -0.15) is 5.10 Å². The molecule has 0 N–H and O–H groups in total. The lowest BCUT2D eigenvalue weighted by Crippen LogP contribution is -2.32. The molecule has 28 heavy (non-hydrogen) atoms. The highest BCUT2D eigenvalue weighted by Crippen LogP contribution is 2.33. The van der Waals surface area contributed by atoms with Crippen molar-refractivity contribution < 1.29 is 17.9 Å². The molecule has 2 aromatic rings. The summed E-state index contributed by atoms with van der Waals surface area (Å²) >= 11 is 0. The fourth-order valence-electron chi connectivity index (χ4n) is 3.67. The minimum atomic E-state index is -4.70. The fraction of sp³-hybridized carbons (Fsp3) is 0.286. The second kappa shape index (κ2) is 7.22. The first-order valence-electron chi connectivity index (χ1n) is 9.09. The van der Waals surface area contributed by atoms with Crippen molar-refractivity contribution in [3.63, 3.8) is 0 Å². The number of allylic oxidation sites excluding steroid dienone is 1. The zero-order chi connectivity index (χ0) is 19.7. The Kier molecular flexibility index (Phi) is 4.75. The largest absolute Gasteiger partial charge is 0.573 e. The normalized spacial score (nSPS) is 16.9. The van der Waals surface area contributed by atoms with Gasteiger partial charge in [-0.05, 0) is 24.6 Å². The van der Waals surface area contributed by atoms with E-state index in [1.54, 1.807) is 12.1 Å². The maximum absolute atomic E-state index is 12.5. The Morgan fingerprint density at radius 1 is 1.07 bits per heavy atom. The summed E-state index contributed by atoms with van der Waals surface area (Å²) in [6.45, 7) is 4.09. The number of benzene rings is 2. The average Bonchev–Trinajstić information content (AvgIpc) is 3.05. The Bertz CT molecular complexity index is 922. The first-order chi connectivity index (χ1) is 13.4. The van der Waals surface area contributed by atoms with E-state index in [0.29, 0.717) is 18.8 Å². The van der Waals surface area contributed by atoms with E-state index < -0.39 is 6.36 Å². The zero-order valence-electron chi connectivity index (χ0n) is 15.4. The summed E-state index contributed by atoms with van der Waals surface area (Å²) < 4.78 is 41.6. The maximum Gasteiger partial charge on any atom is 0.573 e. The summed E-state index contributed by atoms with van der Waals surface area (Å²) in [5.74, 6) is -0.209. The lowest BCUT2D eigenvalue weighted by atomic mass is 10.0. The topological polar surface area (TPSA) is 28.1 Å². The highest BCUT2D eigenvalue weighted by Gasteiger charge is 2.32. The van der Waals surface area contributed by atoms with E-state index in [-0.39, 0.29) is 5.75 Å². The van der Waals surface area contributed by atoms with E-state index in [1.165, 1.54) is 17.7 Å². The molecule has 0 amide bonds. The SMILES string of the molecule is CC1=C2CN(Cc3ccccc3)N=C2CCN1c1cccc(OC(F)(F)F)c1. The first-order valence-corrected chi connectivity index (χ1v) is 9.09. The Morgan fingerprint density at radius 3 is 2.61 bits per heavy atom. The van der Waals surface area contributed by atoms with Crippen molar-refractivity contribution in [2.45, 2.75) is 26.3 Å². The molecule has 2 heterocycles. The average molecular weight is 387 g/mol. The van der Waals surface area contributed by atoms with Crippen LogP contribution in [0, 0.1) is 0 Å². The molecule has 4 rings (SSSR count). The van der Waals surface area contributed by atoms with Crippen molar-refractivity contribution in [3.8, 4) is 5.75 Å². The van der Waals surface area contributed by atoms with Crippen LogP contribution < -0.4 is 9.64 Å². The fourth-order valence-corrected chi connectivity index (χ4v) is 3.67. The van der Waals surface area contributed by atoms with Crippen LogP contribution in [0.3, 0.4) is 0 Å². The number of halogens is 3. The number of ether oxygens (including phenoxy) is 1. The molecule has 2 aliphatic heterocycles. The van der Waals surface area contributed by atoms with Crippen molar-refractivity contribution in [3.05, 3.63) is 71.4 Å². The van der Waals surface area contributed by atoms with E-state index in [1.807, 2.05) is 35.0 Å². The van der Waals surface area contributed by atoms with Crippen LogP contribution in [0.4, 0.5) is 18.9 Å². The van der Waals surface area contributed by atoms with Gasteiger partial charge in [-0.3, -0.25) is 5.01 Å². The number of anilines is 1. The van der Waals surface area contributed by atoms with Gasteiger partial charge in [0.25, 0.3) is 0 Å². The number of hydrogen-bond donors (Lipinski definition) is 0. The number of hydrogen-bond acceptors (Lipinski definition) is 4. The van der Waals surface area contributed by atoms with Crippen molar-refractivity contribution in [2.75, 3.05) is 18.0 Å². The van der Waals surface area contributed by atoms with E-state index in [0.717, 1.165) is 29.9 Å². The number of rotatable bonds is 4. The molecule has 0 radical (unpaired) electrons. The quantitative estimate of drug-likeness (QED) is 0.744. The molecular formula is C21H20F3N3O. The number of alkyl halides is 3. The molecule has 0 aromatic heterocycles. The van der Waals surface area contributed by atoms with Gasteiger partial charge >= 0.3 is 6.36 Å². The summed E-state index contributed by atoms with van der Waals surface area (Å²) in [6, 6.07) is 16.3. The van der Waals surface area contributed by atoms with Gasteiger partial charge in [0, 0.05) is 36.0 Å². The summed E-state index contributed by atoms with van der Waals surface area (Å²) in [5.41, 5.74) is 5.10. The van der Waals surface area contributed by atoms with Crippen LogP contribution in [-0.2, 0) is 6.54 Å². The molecule has 0 bridgehead atoms. The molecule has 0 unspecified atom stereocenters. The molecule has 7 heteroatoms. The first kappa shape index (κ1) is 18.4. The molecule has 0 fully saturated rings. The Morgan fingerprint density at radius 2 is 1.86 bits per heavy atom. The molecule has 4 nitrogen and oxygen atoms in total. The standard InChI is InChI=1S/C21H20F3N3O/c1-15-19-14-26(13-16-6-3-2-4-7-16)25-20(19)10-11-27(15)17-8-5-9-18(12-17)28-21(22,23)24/h2-9,12H,10-11,13-14H2,1H3. The van der Waals surface area contributed by atoms with Crippen molar-refractivity contribution in [1.29, 1.82) is 0 Å². The lowest BCUT2D eigenvalue weighted by molar-refractivity contribution is -0.274. The van der Waals surface area contributed by atoms with E-state index >= 15 is 0 Å². The molecule has 0 saturated heterocycles. The van der Waals surface area contributed by atoms with Crippen LogP contribution >= 0.6 is 0 Å². The van der Waals surface area contributed by atoms with Crippen LogP contribution in [0.1, 0.15) is 18.9 Å². The van der Waals surface area contributed by atoms with Crippen LogP contribution in [0.2, 0.25) is 0 Å². The second-order valence-corrected chi connectivity index (χ2v) is 6.87. The molecule has 0 spiro atoms. The predicted molar refractivity (Wildman–Crippen MR) is 102 cm³/mol. The van der Waals surface area contributed by atoms with E-state index in [4.69, 9.17) is 5.10 Å². The minimum absolute atomic E-state index is 0.209. The molecule has 2 aliphatic rings. The third-order valence-corrected chi connectivity index (χ3v) is 4.94. The third kappa shape index (κ3) is 3.98. The lowest BCUT2D eigenvalue weighted by Gasteiger charge is -2.31. The van der Waals surface area contributed by atoms with Crippen LogP contribution in [-0.4, -0.2) is 30.2 Å². The molecule has 0 saturated carbocycles.